The lowest BCUT2D eigenvalue weighted by Crippen LogP contribution is -2.35. The number of piperidine rings is 1. The van der Waals surface area contributed by atoms with E-state index in [2.05, 4.69) is 4.72 Å². The number of hydrogen-bond donors (Lipinski definition) is 1. The molecule has 0 radical (unpaired) electrons. The molecule has 2 aromatic rings. The van der Waals surface area contributed by atoms with Crippen molar-refractivity contribution in [3.63, 3.8) is 0 Å². The molecule has 1 heterocycles. The van der Waals surface area contributed by atoms with Crippen LogP contribution in [0.25, 0.3) is 0 Å². The average Bonchev–Trinajstić information content (AvgIpc) is 2.75. The molecule has 32 heavy (non-hydrogen) atoms. The Morgan fingerprint density at radius 1 is 0.969 bits per heavy atom. The number of benzene rings is 2. The molecule has 12 heteroatoms. The van der Waals surface area contributed by atoms with Crippen molar-refractivity contribution in [1.29, 1.82) is 0 Å². The van der Waals surface area contributed by atoms with Gasteiger partial charge in [-0.2, -0.15) is 17.5 Å². The fourth-order valence-corrected chi connectivity index (χ4v) is 6.05. The van der Waals surface area contributed by atoms with Gasteiger partial charge in [-0.05, 0) is 62.2 Å². The van der Waals surface area contributed by atoms with Crippen LogP contribution in [0.2, 0.25) is 0 Å². The highest BCUT2D eigenvalue weighted by atomic mass is 32.2. The third kappa shape index (κ3) is 5.36. The number of anilines is 1. The maximum Gasteiger partial charge on any atom is 0.416 e. The van der Waals surface area contributed by atoms with Crippen LogP contribution in [0.3, 0.4) is 0 Å². The van der Waals surface area contributed by atoms with E-state index in [0.717, 1.165) is 37.5 Å². The fraction of sp³-hybridized carbons (Fsp3) is 0.400. The van der Waals surface area contributed by atoms with Crippen LogP contribution in [-0.4, -0.2) is 40.8 Å². The summed E-state index contributed by atoms with van der Waals surface area (Å²) in [5, 5.41) is 0. The summed E-state index contributed by atoms with van der Waals surface area (Å²) in [5.74, 6) is 0.0931. The zero-order valence-electron chi connectivity index (χ0n) is 17.2. The Labute approximate surface area is 185 Å². The minimum absolute atomic E-state index is 0.0519. The Kier molecular flexibility index (Phi) is 7.06. The van der Waals surface area contributed by atoms with Crippen LogP contribution < -0.4 is 9.46 Å². The van der Waals surface area contributed by atoms with E-state index in [0.29, 0.717) is 25.2 Å². The van der Waals surface area contributed by atoms with Crippen LogP contribution in [-0.2, 0) is 26.2 Å². The molecule has 7 nitrogen and oxygen atoms in total. The second kappa shape index (κ2) is 9.28. The normalized spacial score (nSPS) is 16.0. The molecule has 1 N–H and O–H groups in total. The number of hydrogen-bond acceptors (Lipinski definition) is 5. The van der Waals surface area contributed by atoms with Crippen LogP contribution in [0, 0.1) is 0 Å². The van der Waals surface area contributed by atoms with Crippen LogP contribution in [0.4, 0.5) is 18.9 Å². The first-order valence-electron chi connectivity index (χ1n) is 9.92. The van der Waals surface area contributed by atoms with Gasteiger partial charge in [0.05, 0.1) is 22.8 Å². The van der Waals surface area contributed by atoms with E-state index in [-0.39, 0.29) is 27.8 Å². The monoisotopic (exact) mass is 492 g/mol. The summed E-state index contributed by atoms with van der Waals surface area (Å²) in [4.78, 5) is -0.561. The molecule has 1 aliphatic heterocycles. The van der Waals surface area contributed by atoms with E-state index in [4.69, 9.17) is 4.74 Å². The Balaban J connectivity index is 1.94. The summed E-state index contributed by atoms with van der Waals surface area (Å²) < 4.78 is 98.8. The van der Waals surface area contributed by atoms with Crippen molar-refractivity contribution in [2.75, 3.05) is 24.4 Å². The Morgan fingerprint density at radius 2 is 1.59 bits per heavy atom. The van der Waals surface area contributed by atoms with E-state index in [1.54, 1.807) is 6.92 Å². The lowest BCUT2D eigenvalue weighted by molar-refractivity contribution is -0.137. The third-order valence-electron chi connectivity index (χ3n) is 4.92. The lowest BCUT2D eigenvalue weighted by Gasteiger charge is -2.27. The molecule has 176 valence electrons. The average molecular weight is 493 g/mol. The number of sulfonamides is 2. The molecular weight excluding hydrogens is 469 g/mol. The summed E-state index contributed by atoms with van der Waals surface area (Å²) in [6.07, 6.45) is -2.22. The van der Waals surface area contributed by atoms with Crippen molar-refractivity contribution in [3.05, 3.63) is 48.0 Å². The highest BCUT2D eigenvalue weighted by Crippen LogP contribution is 2.33. The highest BCUT2D eigenvalue weighted by Gasteiger charge is 2.31. The van der Waals surface area contributed by atoms with Crippen molar-refractivity contribution >= 4 is 25.7 Å². The molecule has 0 aliphatic carbocycles. The molecule has 0 atom stereocenters. The molecule has 1 fully saturated rings. The first-order chi connectivity index (χ1) is 14.9. The SMILES string of the molecule is CCOc1ccc(NS(=O)(=O)c2ccc(C(F)(F)F)cc2)cc1S(=O)(=O)N1CCCCC1. The molecule has 1 aliphatic rings. The Morgan fingerprint density at radius 3 is 2.16 bits per heavy atom. The molecule has 2 aromatic carbocycles. The fourth-order valence-electron chi connectivity index (χ4n) is 3.33. The second-order valence-corrected chi connectivity index (χ2v) is 10.8. The van der Waals surface area contributed by atoms with Crippen LogP contribution in [0.15, 0.2) is 52.3 Å². The summed E-state index contributed by atoms with van der Waals surface area (Å²) >= 11 is 0. The van der Waals surface area contributed by atoms with Gasteiger partial charge in [0, 0.05) is 13.1 Å². The molecule has 0 saturated carbocycles. The predicted molar refractivity (Wildman–Crippen MR) is 112 cm³/mol. The van der Waals surface area contributed by atoms with E-state index >= 15 is 0 Å². The van der Waals surface area contributed by atoms with Gasteiger partial charge in [-0.3, -0.25) is 4.72 Å². The van der Waals surface area contributed by atoms with Crippen molar-refractivity contribution in [2.45, 2.75) is 42.2 Å². The number of rotatable bonds is 7. The standard InChI is InChI=1S/C20H23F3N2O5S2/c1-2-30-18-11-8-16(14-19(18)32(28,29)25-12-4-3-5-13-25)24-31(26,27)17-9-6-15(7-10-17)20(21,22)23/h6-11,14,24H,2-5,12-13H2,1H3. The molecule has 3 rings (SSSR count). The van der Waals surface area contributed by atoms with Gasteiger partial charge < -0.3 is 4.74 Å². The minimum atomic E-state index is -4.59. The van der Waals surface area contributed by atoms with Gasteiger partial charge in [0.25, 0.3) is 10.0 Å². The van der Waals surface area contributed by atoms with Crippen molar-refractivity contribution < 1.29 is 34.7 Å². The molecule has 0 bridgehead atoms. The first kappa shape index (κ1) is 24.3. The van der Waals surface area contributed by atoms with Crippen molar-refractivity contribution in [2.24, 2.45) is 0 Å². The van der Waals surface area contributed by atoms with Crippen molar-refractivity contribution in [3.8, 4) is 5.75 Å². The Bertz CT molecular complexity index is 1160. The first-order valence-corrected chi connectivity index (χ1v) is 12.8. The number of alkyl halides is 3. The number of nitrogens with zero attached hydrogens (tertiary/aromatic N) is 1. The van der Waals surface area contributed by atoms with Gasteiger partial charge in [0.2, 0.25) is 10.0 Å². The van der Waals surface area contributed by atoms with Crippen LogP contribution >= 0.6 is 0 Å². The van der Waals surface area contributed by atoms with Crippen molar-refractivity contribution in [1.82, 2.24) is 4.31 Å². The molecule has 0 amide bonds. The number of ether oxygens (including phenoxy) is 1. The van der Waals surface area contributed by atoms with Gasteiger partial charge in [-0.25, -0.2) is 16.8 Å². The molecule has 0 spiro atoms. The van der Waals surface area contributed by atoms with E-state index in [1.165, 1.54) is 16.4 Å². The Hall–Kier alpha value is -2.31. The van der Waals surface area contributed by atoms with Crippen LogP contribution in [0.1, 0.15) is 31.7 Å². The maximum absolute atomic E-state index is 13.2. The van der Waals surface area contributed by atoms with E-state index < -0.39 is 31.8 Å². The van der Waals surface area contributed by atoms with Gasteiger partial charge in [0.15, 0.2) is 0 Å². The molecular formula is C20H23F3N2O5S2. The maximum atomic E-state index is 13.2. The van der Waals surface area contributed by atoms with Gasteiger partial charge in [-0.1, -0.05) is 6.42 Å². The molecule has 0 aromatic heterocycles. The largest absolute Gasteiger partial charge is 0.492 e. The zero-order valence-corrected chi connectivity index (χ0v) is 18.9. The lowest BCUT2D eigenvalue weighted by atomic mass is 10.2. The number of halogens is 3. The summed E-state index contributed by atoms with van der Waals surface area (Å²) in [6.45, 7) is 2.61. The van der Waals surface area contributed by atoms with E-state index in [1.807, 2.05) is 0 Å². The summed E-state index contributed by atoms with van der Waals surface area (Å²) in [7, 11) is -8.19. The topological polar surface area (TPSA) is 92.8 Å². The highest BCUT2D eigenvalue weighted by molar-refractivity contribution is 7.92. The van der Waals surface area contributed by atoms with Gasteiger partial charge in [0.1, 0.15) is 10.6 Å². The smallest absolute Gasteiger partial charge is 0.416 e. The van der Waals surface area contributed by atoms with E-state index in [9.17, 15) is 30.0 Å². The minimum Gasteiger partial charge on any atom is -0.492 e. The predicted octanol–water partition coefficient (Wildman–Crippen LogP) is 4.08. The zero-order chi connectivity index (χ0) is 23.6. The van der Waals surface area contributed by atoms with Gasteiger partial charge in [-0.15, -0.1) is 0 Å². The summed E-state index contributed by atoms with van der Waals surface area (Å²) in [6, 6.07) is 6.86. The molecule has 0 unspecified atom stereocenters. The summed E-state index contributed by atoms with van der Waals surface area (Å²) in [5.41, 5.74) is -1.03. The number of nitrogens with one attached hydrogen (secondary N) is 1. The third-order valence-corrected chi connectivity index (χ3v) is 8.24. The molecule has 1 saturated heterocycles. The van der Waals surface area contributed by atoms with Crippen LogP contribution in [0.5, 0.6) is 5.75 Å². The second-order valence-electron chi connectivity index (χ2n) is 7.19. The van der Waals surface area contributed by atoms with Gasteiger partial charge >= 0.3 is 6.18 Å². The quantitative estimate of drug-likeness (QED) is 0.629.